The third-order valence-corrected chi connectivity index (χ3v) is 3.78. The molecule has 1 unspecified atom stereocenters. The van der Waals surface area contributed by atoms with Crippen LogP contribution >= 0.6 is 0 Å². The van der Waals surface area contributed by atoms with Crippen LogP contribution in [0.25, 0.3) is 0 Å². The smallest absolute Gasteiger partial charge is 0.423 e. The molecule has 0 aromatic heterocycles. The van der Waals surface area contributed by atoms with Crippen LogP contribution in [-0.4, -0.2) is 51.7 Å². The lowest BCUT2D eigenvalue weighted by atomic mass is 9.76. The molecule has 3 N–H and O–H groups in total. The molecule has 112 valence electrons. The number of benzene rings is 1. The Hall–Kier alpha value is -2.52. The van der Waals surface area contributed by atoms with Crippen molar-refractivity contribution >= 4 is 36.2 Å². The van der Waals surface area contributed by atoms with Crippen molar-refractivity contribution in [1.29, 1.82) is 0 Å². The normalized spacial score (nSPS) is 21.0. The average Bonchev–Trinajstić information content (AvgIpc) is 2.72. The van der Waals surface area contributed by atoms with E-state index < -0.39 is 36.8 Å². The summed E-state index contributed by atoms with van der Waals surface area (Å²) >= 11 is 0. The monoisotopic (exact) mass is 302 g/mol. The van der Waals surface area contributed by atoms with Crippen LogP contribution in [0.5, 0.6) is 0 Å². The topological polar surface area (TPSA) is 124 Å². The Morgan fingerprint density at radius 2 is 1.86 bits per heavy atom. The van der Waals surface area contributed by atoms with Crippen LogP contribution in [0.3, 0.4) is 0 Å². The van der Waals surface area contributed by atoms with Gasteiger partial charge in [0.05, 0.1) is 11.1 Å². The molecule has 2 heterocycles. The van der Waals surface area contributed by atoms with Gasteiger partial charge in [-0.25, -0.2) is 0 Å². The first kappa shape index (κ1) is 14.4. The molecule has 1 atom stereocenters. The second kappa shape index (κ2) is 5.04. The summed E-state index contributed by atoms with van der Waals surface area (Å²) in [6.07, 6.45) is 0.0758. The average molecular weight is 302 g/mol. The van der Waals surface area contributed by atoms with E-state index in [1.807, 2.05) is 0 Å². The van der Waals surface area contributed by atoms with Crippen molar-refractivity contribution in [3.05, 3.63) is 29.3 Å². The predicted molar refractivity (Wildman–Crippen MR) is 72.9 cm³/mol. The fourth-order valence-electron chi connectivity index (χ4n) is 2.76. The second-order valence-electron chi connectivity index (χ2n) is 5.09. The van der Waals surface area contributed by atoms with Gasteiger partial charge in [0.15, 0.2) is 0 Å². The van der Waals surface area contributed by atoms with Gasteiger partial charge in [0.1, 0.15) is 6.04 Å². The molecule has 8 nitrogen and oxygen atoms in total. The van der Waals surface area contributed by atoms with Gasteiger partial charge in [0, 0.05) is 6.42 Å². The summed E-state index contributed by atoms with van der Waals surface area (Å²) in [4.78, 5) is 48.7. The fraction of sp³-hybridized carbons (Fsp3) is 0.231. The summed E-state index contributed by atoms with van der Waals surface area (Å²) in [5, 5.41) is 20.7. The minimum absolute atomic E-state index is 0.0142. The largest absolute Gasteiger partial charge is 0.489 e. The summed E-state index contributed by atoms with van der Waals surface area (Å²) < 4.78 is 0. The predicted octanol–water partition coefficient (Wildman–Crippen LogP) is -2.23. The van der Waals surface area contributed by atoms with Crippen molar-refractivity contribution in [2.75, 3.05) is 0 Å². The van der Waals surface area contributed by atoms with Crippen LogP contribution < -0.4 is 10.8 Å². The van der Waals surface area contributed by atoms with Crippen molar-refractivity contribution in [2.24, 2.45) is 0 Å². The van der Waals surface area contributed by atoms with E-state index in [0.717, 1.165) is 4.90 Å². The van der Waals surface area contributed by atoms with E-state index >= 15 is 0 Å². The molecule has 2 aliphatic heterocycles. The Morgan fingerprint density at radius 1 is 1.14 bits per heavy atom. The standard InChI is InChI=1S/C13H11BN2O6/c17-9-5-4-8(11(18)15-9)16-12(19)6-2-1-3-7(14(21)22)10(6)13(16)20/h1-3,8,21-22H,4-5H2,(H,15,17,18). The van der Waals surface area contributed by atoms with Crippen LogP contribution in [-0.2, 0) is 9.59 Å². The highest BCUT2D eigenvalue weighted by atomic mass is 16.4. The van der Waals surface area contributed by atoms with Crippen LogP contribution in [0.4, 0.5) is 0 Å². The van der Waals surface area contributed by atoms with Gasteiger partial charge in [-0.1, -0.05) is 12.1 Å². The SMILES string of the molecule is O=C1CCC(N2C(=O)c3cccc(B(O)O)c3C2=O)C(=O)N1. The number of imide groups is 2. The van der Waals surface area contributed by atoms with Gasteiger partial charge in [0.25, 0.3) is 11.8 Å². The molecule has 3 rings (SSSR count). The Morgan fingerprint density at radius 3 is 2.50 bits per heavy atom. The van der Waals surface area contributed by atoms with Crippen LogP contribution in [0.15, 0.2) is 18.2 Å². The van der Waals surface area contributed by atoms with E-state index in [-0.39, 0.29) is 29.4 Å². The van der Waals surface area contributed by atoms with E-state index in [9.17, 15) is 29.2 Å². The van der Waals surface area contributed by atoms with Crippen molar-refractivity contribution < 1.29 is 29.2 Å². The van der Waals surface area contributed by atoms with E-state index in [4.69, 9.17) is 0 Å². The third-order valence-electron chi connectivity index (χ3n) is 3.78. The Bertz CT molecular complexity index is 716. The van der Waals surface area contributed by atoms with Gasteiger partial charge in [0.2, 0.25) is 11.8 Å². The summed E-state index contributed by atoms with van der Waals surface area (Å²) in [6, 6.07) is 3.05. The van der Waals surface area contributed by atoms with Crippen molar-refractivity contribution in [1.82, 2.24) is 10.2 Å². The van der Waals surface area contributed by atoms with Crippen molar-refractivity contribution in [3.63, 3.8) is 0 Å². The van der Waals surface area contributed by atoms with Gasteiger partial charge < -0.3 is 10.0 Å². The minimum atomic E-state index is -1.91. The fourth-order valence-corrected chi connectivity index (χ4v) is 2.76. The molecule has 22 heavy (non-hydrogen) atoms. The molecular formula is C13H11BN2O6. The highest BCUT2D eigenvalue weighted by Crippen LogP contribution is 2.26. The number of nitrogens with one attached hydrogen (secondary N) is 1. The molecule has 0 aliphatic carbocycles. The minimum Gasteiger partial charge on any atom is -0.423 e. The molecule has 9 heteroatoms. The highest BCUT2D eigenvalue weighted by molar-refractivity contribution is 6.61. The number of hydrogen-bond donors (Lipinski definition) is 3. The summed E-state index contributed by atoms with van der Waals surface area (Å²) in [6.45, 7) is 0. The zero-order chi connectivity index (χ0) is 16.0. The van der Waals surface area contributed by atoms with E-state index in [0.29, 0.717) is 0 Å². The van der Waals surface area contributed by atoms with E-state index in [1.54, 1.807) is 0 Å². The maximum absolute atomic E-state index is 12.5. The zero-order valence-electron chi connectivity index (χ0n) is 11.3. The molecule has 2 aliphatic rings. The summed E-state index contributed by atoms with van der Waals surface area (Å²) in [5.41, 5.74) is -0.196. The molecule has 0 saturated carbocycles. The van der Waals surface area contributed by atoms with Gasteiger partial charge in [-0.2, -0.15) is 0 Å². The van der Waals surface area contributed by atoms with Crippen LogP contribution in [0.2, 0.25) is 0 Å². The van der Waals surface area contributed by atoms with E-state index in [2.05, 4.69) is 5.32 Å². The maximum Gasteiger partial charge on any atom is 0.489 e. The van der Waals surface area contributed by atoms with Gasteiger partial charge in [-0.3, -0.25) is 29.4 Å². The van der Waals surface area contributed by atoms with E-state index in [1.165, 1.54) is 18.2 Å². The quantitative estimate of drug-likeness (QED) is 0.419. The molecule has 0 radical (unpaired) electrons. The molecule has 1 fully saturated rings. The Balaban J connectivity index is 2.02. The zero-order valence-corrected chi connectivity index (χ0v) is 11.3. The Labute approximate surface area is 124 Å². The number of amides is 4. The number of rotatable bonds is 2. The van der Waals surface area contributed by atoms with Crippen molar-refractivity contribution in [2.45, 2.75) is 18.9 Å². The third kappa shape index (κ3) is 2.02. The molecule has 4 amide bonds. The van der Waals surface area contributed by atoms with Crippen LogP contribution in [0.1, 0.15) is 33.6 Å². The second-order valence-corrected chi connectivity index (χ2v) is 5.09. The number of nitrogens with zero attached hydrogens (tertiary/aromatic N) is 1. The number of fused-ring (bicyclic) bond motifs is 1. The lowest BCUT2D eigenvalue weighted by Gasteiger charge is -2.27. The van der Waals surface area contributed by atoms with Gasteiger partial charge in [-0.05, 0) is 17.9 Å². The molecule has 0 bridgehead atoms. The maximum atomic E-state index is 12.5. The Kier molecular flexibility index (Phi) is 3.30. The molecule has 1 aromatic rings. The lowest BCUT2D eigenvalue weighted by Crippen LogP contribution is -2.54. The first-order chi connectivity index (χ1) is 10.4. The highest BCUT2D eigenvalue weighted by Gasteiger charge is 2.46. The van der Waals surface area contributed by atoms with Crippen molar-refractivity contribution in [3.8, 4) is 0 Å². The summed E-state index contributed by atoms with van der Waals surface area (Å²) in [5.74, 6) is -2.61. The van der Waals surface area contributed by atoms with Gasteiger partial charge >= 0.3 is 7.12 Å². The number of carbonyl (C=O) groups excluding carboxylic acids is 4. The molecular weight excluding hydrogens is 291 g/mol. The summed E-state index contributed by atoms with van der Waals surface area (Å²) in [7, 11) is -1.91. The van der Waals surface area contributed by atoms with Crippen LogP contribution in [0, 0.1) is 0 Å². The molecule has 1 aromatic carbocycles. The van der Waals surface area contributed by atoms with Gasteiger partial charge in [-0.15, -0.1) is 0 Å². The molecule has 0 spiro atoms. The first-order valence-electron chi connectivity index (χ1n) is 6.62. The first-order valence-corrected chi connectivity index (χ1v) is 6.62. The molecule has 1 saturated heterocycles. The lowest BCUT2D eigenvalue weighted by molar-refractivity contribution is -0.136. The number of piperidine rings is 1. The number of carbonyl (C=O) groups is 4. The number of hydrogen-bond acceptors (Lipinski definition) is 6.